The van der Waals surface area contributed by atoms with Gasteiger partial charge in [-0.15, -0.1) is 0 Å². The number of hydrogen-bond acceptors (Lipinski definition) is 2. The Hall–Kier alpha value is -2.29. The van der Waals surface area contributed by atoms with Crippen LogP contribution in [0.15, 0.2) is 48.5 Å². The van der Waals surface area contributed by atoms with Crippen LogP contribution in [0.5, 0.6) is 5.75 Å². The summed E-state index contributed by atoms with van der Waals surface area (Å²) in [5, 5.41) is 3.13. The fraction of sp³-hybridized carbons (Fsp3) is 0.350. The van der Waals surface area contributed by atoms with Gasteiger partial charge in [0.05, 0.1) is 13.2 Å². The molecule has 0 fully saturated rings. The van der Waals surface area contributed by atoms with Crippen LogP contribution in [0.2, 0.25) is 0 Å². The lowest BCUT2D eigenvalue weighted by molar-refractivity contribution is -0.121. The van der Waals surface area contributed by atoms with E-state index in [9.17, 15) is 4.79 Å². The number of hydrogen-bond donors (Lipinski definition) is 1. The van der Waals surface area contributed by atoms with E-state index < -0.39 is 0 Å². The van der Waals surface area contributed by atoms with E-state index >= 15 is 0 Å². The van der Waals surface area contributed by atoms with Gasteiger partial charge in [-0.1, -0.05) is 48.9 Å². The van der Waals surface area contributed by atoms with Crippen LogP contribution in [-0.4, -0.2) is 13.0 Å². The van der Waals surface area contributed by atoms with E-state index in [0.29, 0.717) is 12.8 Å². The Balaban J connectivity index is 1.90. The van der Waals surface area contributed by atoms with E-state index in [1.165, 1.54) is 5.56 Å². The molecule has 0 bridgehead atoms. The lowest BCUT2D eigenvalue weighted by atomic mass is 10.0. The van der Waals surface area contributed by atoms with Crippen molar-refractivity contribution in [2.75, 3.05) is 7.11 Å². The topological polar surface area (TPSA) is 38.3 Å². The van der Waals surface area contributed by atoms with Crippen molar-refractivity contribution in [1.29, 1.82) is 0 Å². The minimum atomic E-state index is 0.0772. The van der Waals surface area contributed by atoms with Gasteiger partial charge in [0, 0.05) is 6.42 Å². The third kappa shape index (κ3) is 5.13. The molecule has 0 spiro atoms. The predicted octanol–water partition coefficient (Wildman–Crippen LogP) is 4.20. The molecule has 0 aliphatic heterocycles. The maximum absolute atomic E-state index is 12.2. The molecule has 2 rings (SSSR count). The van der Waals surface area contributed by atoms with E-state index in [1.807, 2.05) is 24.3 Å². The molecule has 3 heteroatoms. The van der Waals surface area contributed by atoms with Gasteiger partial charge < -0.3 is 10.1 Å². The van der Waals surface area contributed by atoms with E-state index in [4.69, 9.17) is 4.74 Å². The van der Waals surface area contributed by atoms with Crippen molar-refractivity contribution >= 4 is 5.91 Å². The molecule has 122 valence electrons. The fourth-order valence-corrected chi connectivity index (χ4v) is 2.57. The van der Waals surface area contributed by atoms with Gasteiger partial charge >= 0.3 is 0 Å². The van der Waals surface area contributed by atoms with Crippen LogP contribution in [0.3, 0.4) is 0 Å². The second-order valence-corrected chi connectivity index (χ2v) is 5.79. The number of methoxy groups -OCH3 is 1. The molecule has 1 unspecified atom stereocenters. The highest BCUT2D eigenvalue weighted by molar-refractivity contribution is 5.76. The zero-order valence-corrected chi connectivity index (χ0v) is 14.1. The Morgan fingerprint density at radius 3 is 2.57 bits per heavy atom. The molecule has 0 saturated carbocycles. The van der Waals surface area contributed by atoms with Crippen LogP contribution >= 0.6 is 0 Å². The second-order valence-electron chi connectivity index (χ2n) is 5.79. The van der Waals surface area contributed by atoms with E-state index in [0.717, 1.165) is 23.3 Å². The molecule has 0 aliphatic rings. The van der Waals surface area contributed by atoms with Gasteiger partial charge in [0.15, 0.2) is 0 Å². The Kier molecular flexibility index (Phi) is 6.21. The first-order valence-electron chi connectivity index (χ1n) is 8.11. The predicted molar refractivity (Wildman–Crippen MR) is 93.7 cm³/mol. The van der Waals surface area contributed by atoms with Crippen LogP contribution in [0.25, 0.3) is 0 Å². The van der Waals surface area contributed by atoms with Gasteiger partial charge in [-0.25, -0.2) is 0 Å². The van der Waals surface area contributed by atoms with Gasteiger partial charge in [0.25, 0.3) is 0 Å². The average molecular weight is 311 g/mol. The molecule has 0 aromatic heterocycles. The molecule has 0 radical (unpaired) electrons. The third-order valence-corrected chi connectivity index (χ3v) is 4.00. The largest absolute Gasteiger partial charge is 0.497 e. The van der Waals surface area contributed by atoms with Crippen LogP contribution < -0.4 is 10.1 Å². The Labute approximate surface area is 138 Å². The van der Waals surface area contributed by atoms with Gasteiger partial charge in [0.2, 0.25) is 5.91 Å². The van der Waals surface area contributed by atoms with Gasteiger partial charge in [-0.3, -0.25) is 4.79 Å². The summed E-state index contributed by atoms with van der Waals surface area (Å²) >= 11 is 0. The lowest BCUT2D eigenvalue weighted by Gasteiger charge is -2.18. The molecule has 1 amide bonds. The summed E-state index contributed by atoms with van der Waals surface area (Å²) in [6.07, 6.45) is 2.08. The number of carbonyl (C=O) groups excluding carboxylic acids is 1. The van der Waals surface area contributed by atoms with Crippen molar-refractivity contribution in [1.82, 2.24) is 5.32 Å². The summed E-state index contributed by atoms with van der Waals surface area (Å²) in [6, 6.07) is 16.3. The minimum Gasteiger partial charge on any atom is -0.497 e. The van der Waals surface area contributed by atoms with Crippen molar-refractivity contribution in [3.63, 3.8) is 0 Å². The number of rotatable bonds is 7. The summed E-state index contributed by atoms with van der Waals surface area (Å²) < 4.78 is 5.21. The highest BCUT2D eigenvalue weighted by Crippen LogP contribution is 2.18. The monoisotopic (exact) mass is 311 g/mol. The fourth-order valence-electron chi connectivity index (χ4n) is 2.57. The van der Waals surface area contributed by atoms with E-state index in [2.05, 4.69) is 43.4 Å². The summed E-state index contributed by atoms with van der Waals surface area (Å²) in [5.41, 5.74) is 3.50. The number of ether oxygens (including phenoxy) is 1. The summed E-state index contributed by atoms with van der Waals surface area (Å²) in [6.45, 7) is 4.16. The molecule has 0 saturated heterocycles. The van der Waals surface area contributed by atoms with E-state index in [1.54, 1.807) is 7.11 Å². The molecule has 0 heterocycles. The maximum Gasteiger partial charge on any atom is 0.220 e. The molecule has 1 atom stereocenters. The van der Waals surface area contributed by atoms with Crippen molar-refractivity contribution in [3.05, 3.63) is 65.2 Å². The first-order valence-corrected chi connectivity index (χ1v) is 8.11. The van der Waals surface area contributed by atoms with Crippen molar-refractivity contribution in [3.8, 4) is 5.75 Å². The lowest BCUT2D eigenvalue weighted by Crippen LogP contribution is -2.28. The second kappa shape index (κ2) is 8.37. The molecule has 0 aliphatic carbocycles. The highest BCUT2D eigenvalue weighted by atomic mass is 16.5. The van der Waals surface area contributed by atoms with Gasteiger partial charge in [0.1, 0.15) is 5.75 Å². The third-order valence-electron chi connectivity index (χ3n) is 4.00. The summed E-state index contributed by atoms with van der Waals surface area (Å²) in [5.74, 6) is 0.911. The Morgan fingerprint density at radius 1 is 1.17 bits per heavy atom. The van der Waals surface area contributed by atoms with Crippen LogP contribution in [0.4, 0.5) is 0 Å². The zero-order chi connectivity index (χ0) is 16.7. The van der Waals surface area contributed by atoms with Crippen LogP contribution in [0, 0.1) is 6.92 Å². The van der Waals surface area contributed by atoms with Gasteiger partial charge in [-0.2, -0.15) is 0 Å². The van der Waals surface area contributed by atoms with Crippen LogP contribution in [0.1, 0.15) is 42.5 Å². The number of benzene rings is 2. The normalized spacial score (nSPS) is 11.8. The Morgan fingerprint density at radius 2 is 1.91 bits per heavy atom. The molecule has 1 N–H and O–H groups in total. The van der Waals surface area contributed by atoms with Gasteiger partial charge in [-0.05, 0) is 43.0 Å². The van der Waals surface area contributed by atoms with Crippen molar-refractivity contribution in [2.45, 2.75) is 39.2 Å². The molecule has 3 nitrogen and oxygen atoms in total. The van der Waals surface area contributed by atoms with Crippen LogP contribution in [-0.2, 0) is 11.2 Å². The summed E-state index contributed by atoms with van der Waals surface area (Å²) in [7, 11) is 1.65. The maximum atomic E-state index is 12.2. The number of carbonyl (C=O) groups is 1. The molecular formula is C20H25NO2. The number of nitrogens with one attached hydrogen (secondary N) is 1. The molecule has 2 aromatic carbocycles. The smallest absolute Gasteiger partial charge is 0.220 e. The van der Waals surface area contributed by atoms with Crippen molar-refractivity contribution in [2.24, 2.45) is 0 Å². The quantitative estimate of drug-likeness (QED) is 0.832. The minimum absolute atomic E-state index is 0.0772. The number of amides is 1. The molecular weight excluding hydrogens is 286 g/mol. The SMILES string of the molecule is CCC(NC(=O)CCc1cccc(OC)c1)c1ccc(C)cc1. The molecule has 2 aromatic rings. The zero-order valence-electron chi connectivity index (χ0n) is 14.1. The number of aryl methyl sites for hydroxylation is 2. The standard InChI is InChI=1S/C20H25NO2/c1-4-19(17-11-8-15(2)9-12-17)21-20(22)13-10-16-6-5-7-18(14-16)23-3/h5-9,11-12,14,19H,4,10,13H2,1-3H3,(H,21,22). The highest BCUT2D eigenvalue weighted by Gasteiger charge is 2.12. The average Bonchev–Trinajstić information content (AvgIpc) is 2.59. The first-order chi connectivity index (χ1) is 11.1. The first kappa shape index (κ1) is 17.1. The summed E-state index contributed by atoms with van der Waals surface area (Å²) in [4.78, 5) is 12.2. The van der Waals surface area contributed by atoms with E-state index in [-0.39, 0.29) is 11.9 Å². The van der Waals surface area contributed by atoms with Crippen molar-refractivity contribution < 1.29 is 9.53 Å². The molecule has 23 heavy (non-hydrogen) atoms. The Bertz CT molecular complexity index is 634.